The maximum absolute atomic E-state index is 2.60. The molecule has 0 saturated heterocycles. The lowest BCUT2D eigenvalue weighted by atomic mass is 9.33. The first-order valence-electron chi connectivity index (χ1n) is 25.5. The van der Waals surface area contributed by atoms with Crippen LogP contribution in [0.25, 0.3) is 66.8 Å². The van der Waals surface area contributed by atoms with Crippen molar-refractivity contribution in [1.82, 2.24) is 0 Å². The zero-order valence-corrected chi connectivity index (χ0v) is 41.4. The third-order valence-corrected chi connectivity index (χ3v) is 14.9. The molecule has 3 heteroatoms. The third-order valence-electron chi connectivity index (χ3n) is 14.9. The van der Waals surface area contributed by atoms with Gasteiger partial charge in [-0.05, 0) is 155 Å². The fraction of sp³-hybridized carbons (Fsp3) is 0.0571. The molecule has 0 aromatic heterocycles. The van der Waals surface area contributed by atoms with Crippen molar-refractivity contribution < 1.29 is 0 Å². The molecule has 11 aromatic rings. The largest absolute Gasteiger partial charge is 0.311 e. The molecule has 73 heavy (non-hydrogen) atoms. The van der Waals surface area contributed by atoms with Crippen LogP contribution in [-0.4, -0.2) is 6.71 Å². The van der Waals surface area contributed by atoms with E-state index in [9.17, 15) is 0 Å². The van der Waals surface area contributed by atoms with E-state index >= 15 is 0 Å². The van der Waals surface area contributed by atoms with Crippen LogP contribution in [0.5, 0.6) is 0 Å². The summed E-state index contributed by atoms with van der Waals surface area (Å²) in [4.78, 5) is 5.20. The number of hydrogen-bond acceptors (Lipinski definition) is 2. The van der Waals surface area contributed by atoms with Gasteiger partial charge >= 0.3 is 0 Å². The van der Waals surface area contributed by atoms with Crippen LogP contribution < -0.4 is 26.2 Å². The first-order valence-corrected chi connectivity index (χ1v) is 25.5. The van der Waals surface area contributed by atoms with Gasteiger partial charge < -0.3 is 9.80 Å². The summed E-state index contributed by atoms with van der Waals surface area (Å²) in [7, 11) is 0. The highest BCUT2D eigenvalue weighted by Gasteiger charge is 2.44. The Kier molecular flexibility index (Phi) is 10.9. The Labute approximate surface area is 430 Å². The number of rotatable bonds is 8. The van der Waals surface area contributed by atoms with Crippen LogP contribution >= 0.6 is 0 Å². The van der Waals surface area contributed by atoms with Crippen LogP contribution in [0.4, 0.5) is 34.1 Å². The molecule has 0 spiro atoms. The molecule has 0 N–H and O–H groups in total. The molecule has 0 bridgehead atoms. The van der Waals surface area contributed by atoms with Gasteiger partial charge in [-0.15, -0.1) is 0 Å². The Bertz CT molecular complexity index is 3450. The molecule has 0 radical (unpaired) electrons. The van der Waals surface area contributed by atoms with Crippen molar-refractivity contribution in [3.05, 3.63) is 272 Å². The molecule has 0 unspecified atom stereocenters. The van der Waals surface area contributed by atoms with Gasteiger partial charge in [-0.3, -0.25) is 0 Å². The lowest BCUT2D eigenvalue weighted by Crippen LogP contribution is -2.61. The van der Waals surface area contributed by atoms with Gasteiger partial charge in [-0.1, -0.05) is 227 Å². The van der Waals surface area contributed by atoms with Gasteiger partial charge in [0.15, 0.2) is 0 Å². The average Bonchev–Trinajstić information content (AvgIpc) is 3.45. The minimum absolute atomic E-state index is 0.0667. The van der Waals surface area contributed by atoms with E-state index in [-0.39, 0.29) is 12.1 Å². The number of nitrogens with zero attached hydrogens (tertiary/aromatic N) is 2. The summed E-state index contributed by atoms with van der Waals surface area (Å²) in [5.74, 6) is 0. The van der Waals surface area contributed by atoms with E-state index in [0.29, 0.717) is 0 Å². The maximum atomic E-state index is 2.60. The second kappa shape index (κ2) is 18.0. The predicted octanol–water partition coefficient (Wildman–Crippen LogP) is 17.1. The summed E-state index contributed by atoms with van der Waals surface area (Å²) in [5.41, 5.74) is 26.1. The summed E-state index contributed by atoms with van der Waals surface area (Å²) in [6.07, 6.45) is 0. The zero-order valence-electron chi connectivity index (χ0n) is 41.4. The topological polar surface area (TPSA) is 6.48 Å². The van der Waals surface area contributed by atoms with E-state index in [1.54, 1.807) is 0 Å². The summed E-state index contributed by atoms with van der Waals surface area (Å²) in [6, 6.07) is 98.9. The second-order valence-electron chi connectivity index (χ2n) is 20.6. The summed E-state index contributed by atoms with van der Waals surface area (Å²) >= 11 is 0. The summed E-state index contributed by atoms with van der Waals surface area (Å²) in [5, 5.41) is 0. The molecule has 2 nitrogen and oxygen atoms in total. The maximum Gasteiger partial charge on any atom is 0.252 e. The van der Waals surface area contributed by atoms with Crippen molar-refractivity contribution in [1.29, 1.82) is 0 Å². The first kappa shape index (κ1) is 44.1. The van der Waals surface area contributed by atoms with Crippen molar-refractivity contribution in [2.24, 2.45) is 0 Å². The van der Waals surface area contributed by atoms with Crippen LogP contribution in [0, 0.1) is 0 Å². The minimum Gasteiger partial charge on any atom is -0.311 e. The third kappa shape index (κ3) is 8.04. The van der Waals surface area contributed by atoms with Gasteiger partial charge in [0, 0.05) is 34.1 Å². The first-order chi connectivity index (χ1) is 35.8. The Balaban J connectivity index is 1.15. The smallest absolute Gasteiger partial charge is 0.252 e. The van der Waals surface area contributed by atoms with Crippen molar-refractivity contribution >= 4 is 57.2 Å². The number of hydrogen-bond donors (Lipinski definition) is 0. The highest BCUT2D eigenvalue weighted by molar-refractivity contribution is 7.00. The standard InChI is InChI=1S/C70H53BN2/c1-70(2,3)60-46-67-69-68(47-60)73(62-42-58(52-30-18-8-19-31-52)39-59(43-62)53-32-20-9-21-33-53)66-45-55(49-24-12-5-13-25-49)35-37-64(66)71(69)63-36-34-54(48-22-10-4-11-23-48)44-65(63)72(67)61-40-56(50-26-14-6-15-27-50)38-57(41-61)51-28-16-7-17-29-51/h4-47H,1-3H3. The van der Waals surface area contributed by atoms with Crippen molar-refractivity contribution in [3.8, 4) is 66.8 Å². The molecule has 2 heterocycles. The molecule has 0 amide bonds. The van der Waals surface area contributed by atoms with Crippen LogP contribution in [0.2, 0.25) is 0 Å². The van der Waals surface area contributed by atoms with Crippen LogP contribution in [0.3, 0.4) is 0 Å². The second-order valence-corrected chi connectivity index (χ2v) is 20.6. The molecule has 346 valence electrons. The van der Waals surface area contributed by atoms with Gasteiger partial charge in [0.2, 0.25) is 0 Å². The Hall–Kier alpha value is -8.92. The highest BCUT2D eigenvalue weighted by atomic mass is 15.2. The summed E-state index contributed by atoms with van der Waals surface area (Å²) < 4.78 is 0. The molecule has 13 rings (SSSR count). The fourth-order valence-corrected chi connectivity index (χ4v) is 11.3. The number of benzene rings is 11. The van der Waals surface area contributed by atoms with E-state index in [4.69, 9.17) is 0 Å². The number of anilines is 6. The van der Waals surface area contributed by atoms with Crippen molar-refractivity contribution in [2.75, 3.05) is 9.80 Å². The molecular weight excluding hydrogens is 880 g/mol. The molecule has 0 saturated carbocycles. The van der Waals surface area contributed by atoms with Crippen molar-refractivity contribution in [2.45, 2.75) is 26.2 Å². The van der Waals surface area contributed by atoms with Gasteiger partial charge in [-0.2, -0.15) is 0 Å². The Morgan fingerprint density at radius 3 is 0.836 bits per heavy atom. The van der Waals surface area contributed by atoms with E-state index in [1.165, 1.54) is 111 Å². The van der Waals surface area contributed by atoms with E-state index in [1.807, 2.05) is 0 Å². The van der Waals surface area contributed by atoms with Gasteiger partial charge in [0.25, 0.3) is 6.71 Å². The van der Waals surface area contributed by atoms with Gasteiger partial charge in [-0.25, -0.2) is 0 Å². The van der Waals surface area contributed by atoms with Crippen LogP contribution in [0.15, 0.2) is 267 Å². The normalized spacial score (nSPS) is 12.5. The van der Waals surface area contributed by atoms with Crippen LogP contribution in [-0.2, 0) is 5.41 Å². The zero-order chi connectivity index (χ0) is 49.0. The lowest BCUT2D eigenvalue weighted by molar-refractivity contribution is 0.590. The lowest BCUT2D eigenvalue weighted by Gasteiger charge is -2.45. The average molecular weight is 933 g/mol. The molecule has 2 aliphatic rings. The highest BCUT2D eigenvalue weighted by Crippen LogP contribution is 2.49. The minimum atomic E-state index is -0.196. The van der Waals surface area contributed by atoms with Crippen LogP contribution in [0.1, 0.15) is 26.3 Å². The number of fused-ring (bicyclic) bond motifs is 4. The monoisotopic (exact) mass is 932 g/mol. The van der Waals surface area contributed by atoms with Gasteiger partial charge in [0.05, 0.1) is 0 Å². The van der Waals surface area contributed by atoms with E-state index < -0.39 is 0 Å². The fourth-order valence-electron chi connectivity index (χ4n) is 11.3. The molecular formula is C70H53BN2. The molecule has 2 aliphatic heterocycles. The predicted molar refractivity (Wildman–Crippen MR) is 312 cm³/mol. The molecule has 0 aliphatic carbocycles. The Morgan fingerprint density at radius 2 is 0.548 bits per heavy atom. The summed E-state index contributed by atoms with van der Waals surface area (Å²) in [6.45, 7) is 7.00. The Morgan fingerprint density at radius 1 is 0.260 bits per heavy atom. The molecule has 0 fully saturated rings. The molecule has 0 atom stereocenters. The molecule has 11 aromatic carbocycles. The SMILES string of the molecule is CC(C)(C)c1cc2c3c(c1)N(c1cc(-c4ccccc4)cc(-c4ccccc4)c1)c1cc(-c4ccccc4)ccc1B3c1ccc(-c3ccccc3)cc1N2c1cc(-c2ccccc2)cc(-c2ccccc2)c1. The quantitative estimate of drug-likeness (QED) is 0.140. The van der Waals surface area contributed by atoms with Gasteiger partial charge in [0.1, 0.15) is 0 Å². The van der Waals surface area contributed by atoms with E-state index in [2.05, 4.69) is 297 Å². The van der Waals surface area contributed by atoms with Crippen molar-refractivity contribution in [3.63, 3.8) is 0 Å². The van der Waals surface area contributed by atoms with E-state index in [0.717, 1.165) is 11.4 Å².